The van der Waals surface area contributed by atoms with Crippen LogP contribution in [0, 0.1) is 0 Å². The molecular formula is C16H14N4O3S. The van der Waals surface area contributed by atoms with Gasteiger partial charge >= 0.3 is 0 Å². The molecule has 0 fully saturated rings. The van der Waals surface area contributed by atoms with Gasteiger partial charge in [0.15, 0.2) is 16.7 Å². The van der Waals surface area contributed by atoms with Gasteiger partial charge in [-0.2, -0.15) is 5.10 Å². The van der Waals surface area contributed by atoms with E-state index >= 15 is 0 Å². The minimum atomic E-state index is -0.278. The molecule has 0 spiro atoms. The van der Waals surface area contributed by atoms with E-state index in [0.717, 1.165) is 11.0 Å². The van der Waals surface area contributed by atoms with E-state index in [4.69, 9.17) is 0 Å². The number of phenols is 2. The molecule has 0 saturated heterocycles. The lowest BCUT2D eigenvalue weighted by Gasteiger charge is -1.99. The van der Waals surface area contributed by atoms with Gasteiger partial charge in [0, 0.05) is 0 Å². The van der Waals surface area contributed by atoms with Crippen LogP contribution in [0.1, 0.15) is 5.56 Å². The van der Waals surface area contributed by atoms with Gasteiger partial charge in [0.2, 0.25) is 0 Å². The lowest BCUT2D eigenvalue weighted by Crippen LogP contribution is -2.19. The number of phenolic OH excluding ortho intramolecular Hbond substituents is 2. The number of hydrogen-bond acceptors (Lipinski definition) is 6. The molecule has 0 radical (unpaired) electrons. The number of thioether (sulfide) groups is 1. The lowest BCUT2D eigenvalue weighted by molar-refractivity contribution is -0.118. The molecule has 4 N–H and O–H groups in total. The molecule has 24 heavy (non-hydrogen) atoms. The molecule has 0 bridgehead atoms. The quantitative estimate of drug-likeness (QED) is 0.246. The molecule has 0 aliphatic rings. The second-order valence-electron chi connectivity index (χ2n) is 4.89. The van der Waals surface area contributed by atoms with Gasteiger partial charge in [-0.25, -0.2) is 10.4 Å². The molecule has 1 aromatic heterocycles. The number of rotatable bonds is 5. The number of nitrogens with zero attached hydrogens (tertiary/aromatic N) is 2. The van der Waals surface area contributed by atoms with Gasteiger partial charge in [-0.1, -0.05) is 23.9 Å². The van der Waals surface area contributed by atoms with Crippen molar-refractivity contribution in [1.82, 2.24) is 15.4 Å². The third-order valence-corrected chi connectivity index (χ3v) is 3.98. The van der Waals surface area contributed by atoms with Crippen molar-refractivity contribution in [2.24, 2.45) is 5.10 Å². The zero-order valence-electron chi connectivity index (χ0n) is 12.4. The fourth-order valence-electron chi connectivity index (χ4n) is 1.96. The van der Waals surface area contributed by atoms with Gasteiger partial charge in [0.1, 0.15) is 0 Å². The fourth-order valence-corrected chi connectivity index (χ4v) is 2.64. The minimum absolute atomic E-state index is 0.165. The summed E-state index contributed by atoms with van der Waals surface area (Å²) in [5, 5.41) is 23.0. The molecule has 1 heterocycles. The SMILES string of the molecule is O=C(CSc1nc2ccccc2[nH]1)N/N=C/c1ccc(O)c(O)c1. The molecule has 0 unspecified atom stereocenters. The number of hydrogen-bond donors (Lipinski definition) is 4. The number of carbonyl (C=O) groups excluding carboxylic acids is 1. The normalized spacial score (nSPS) is 11.2. The predicted octanol–water partition coefficient (Wildman–Crippen LogP) is 2.22. The van der Waals surface area contributed by atoms with Gasteiger partial charge < -0.3 is 15.2 Å². The topological polar surface area (TPSA) is 111 Å². The highest BCUT2D eigenvalue weighted by Crippen LogP contribution is 2.24. The Bertz CT molecular complexity index is 874. The molecule has 3 rings (SSSR count). The minimum Gasteiger partial charge on any atom is -0.504 e. The molecule has 0 atom stereocenters. The summed E-state index contributed by atoms with van der Waals surface area (Å²) in [6.45, 7) is 0. The van der Waals surface area contributed by atoms with E-state index in [9.17, 15) is 15.0 Å². The number of amides is 1. The Morgan fingerprint density at radius 3 is 2.88 bits per heavy atom. The van der Waals surface area contributed by atoms with Crippen LogP contribution in [0.25, 0.3) is 11.0 Å². The second kappa shape index (κ2) is 7.05. The highest BCUT2D eigenvalue weighted by molar-refractivity contribution is 7.99. The van der Waals surface area contributed by atoms with Crippen LogP contribution in [0.3, 0.4) is 0 Å². The zero-order chi connectivity index (χ0) is 16.9. The maximum Gasteiger partial charge on any atom is 0.250 e. The Labute approximate surface area is 141 Å². The Balaban J connectivity index is 1.51. The van der Waals surface area contributed by atoms with Crippen molar-refractivity contribution in [3.8, 4) is 11.5 Å². The average Bonchev–Trinajstić information content (AvgIpc) is 2.99. The molecule has 0 aliphatic heterocycles. The number of fused-ring (bicyclic) bond motifs is 1. The summed E-state index contributed by atoms with van der Waals surface area (Å²) in [4.78, 5) is 19.3. The third kappa shape index (κ3) is 3.85. The second-order valence-corrected chi connectivity index (χ2v) is 5.85. The zero-order valence-corrected chi connectivity index (χ0v) is 13.2. The maximum absolute atomic E-state index is 11.8. The lowest BCUT2D eigenvalue weighted by atomic mass is 10.2. The molecule has 7 nitrogen and oxygen atoms in total. The van der Waals surface area contributed by atoms with E-state index in [1.54, 1.807) is 6.07 Å². The third-order valence-electron chi connectivity index (χ3n) is 3.11. The number of aromatic nitrogens is 2. The van der Waals surface area contributed by atoms with Crippen LogP contribution in [0.5, 0.6) is 11.5 Å². The van der Waals surface area contributed by atoms with Gasteiger partial charge in [-0.15, -0.1) is 0 Å². The summed E-state index contributed by atoms with van der Waals surface area (Å²) < 4.78 is 0. The monoisotopic (exact) mass is 342 g/mol. The molecule has 122 valence electrons. The van der Waals surface area contributed by atoms with Gasteiger partial charge in [0.05, 0.1) is 23.0 Å². The summed E-state index contributed by atoms with van der Waals surface area (Å²) >= 11 is 1.28. The fraction of sp³-hybridized carbons (Fsp3) is 0.0625. The van der Waals surface area contributed by atoms with Crippen molar-refractivity contribution in [2.45, 2.75) is 5.16 Å². The standard InChI is InChI=1S/C16H14N4O3S/c21-13-6-5-10(7-14(13)22)8-17-20-15(23)9-24-16-18-11-3-1-2-4-12(11)19-16/h1-8,21-22H,9H2,(H,18,19)(H,20,23)/b17-8+. The number of para-hydroxylation sites is 2. The first-order chi connectivity index (χ1) is 11.6. The molecule has 0 saturated carbocycles. The van der Waals surface area contributed by atoms with Crippen molar-refractivity contribution >= 4 is 34.9 Å². The van der Waals surface area contributed by atoms with E-state index in [-0.39, 0.29) is 23.2 Å². The largest absolute Gasteiger partial charge is 0.504 e. The van der Waals surface area contributed by atoms with Gasteiger partial charge in [-0.3, -0.25) is 4.79 Å². The summed E-state index contributed by atoms with van der Waals surface area (Å²) in [6.07, 6.45) is 1.38. The van der Waals surface area contributed by atoms with E-state index in [1.165, 1.54) is 30.1 Å². The predicted molar refractivity (Wildman–Crippen MR) is 92.3 cm³/mol. The van der Waals surface area contributed by atoms with Crippen LogP contribution >= 0.6 is 11.8 Å². The van der Waals surface area contributed by atoms with E-state index in [2.05, 4.69) is 20.5 Å². The van der Waals surface area contributed by atoms with Crippen molar-refractivity contribution in [3.05, 3.63) is 48.0 Å². The molecular weight excluding hydrogens is 328 g/mol. The Hall–Kier alpha value is -3.00. The van der Waals surface area contributed by atoms with E-state index < -0.39 is 0 Å². The van der Waals surface area contributed by atoms with Crippen LogP contribution in [-0.4, -0.2) is 38.1 Å². The van der Waals surface area contributed by atoms with Crippen LogP contribution in [0.2, 0.25) is 0 Å². The Morgan fingerprint density at radius 1 is 1.25 bits per heavy atom. The van der Waals surface area contributed by atoms with E-state index in [1.807, 2.05) is 24.3 Å². The summed E-state index contributed by atoms with van der Waals surface area (Å²) in [7, 11) is 0. The van der Waals surface area contributed by atoms with Gasteiger partial charge in [0.25, 0.3) is 5.91 Å². The Morgan fingerprint density at radius 2 is 2.08 bits per heavy atom. The average molecular weight is 342 g/mol. The molecule has 8 heteroatoms. The number of hydrazone groups is 1. The molecule has 1 amide bonds. The summed E-state index contributed by atoms with van der Waals surface area (Å²) in [5.41, 5.74) is 4.72. The van der Waals surface area contributed by atoms with E-state index in [0.29, 0.717) is 10.7 Å². The van der Waals surface area contributed by atoms with Crippen LogP contribution in [-0.2, 0) is 4.79 Å². The smallest absolute Gasteiger partial charge is 0.250 e. The number of carbonyl (C=O) groups is 1. The number of aromatic amines is 1. The molecule has 3 aromatic rings. The number of aromatic hydroxyl groups is 2. The maximum atomic E-state index is 11.8. The first-order valence-electron chi connectivity index (χ1n) is 7.03. The first kappa shape index (κ1) is 15.9. The number of imidazole rings is 1. The number of benzene rings is 2. The van der Waals surface area contributed by atoms with Crippen molar-refractivity contribution in [2.75, 3.05) is 5.75 Å². The summed E-state index contributed by atoms with van der Waals surface area (Å²) in [6, 6.07) is 11.9. The van der Waals surface area contributed by atoms with Gasteiger partial charge in [-0.05, 0) is 35.9 Å². The Kier molecular flexibility index (Phi) is 4.66. The highest BCUT2D eigenvalue weighted by atomic mass is 32.2. The number of nitrogens with one attached hydrogen (secondary N) is 2. The highest BCUT2D eigenvalue weighted by Gasteiger charge is 2.06. The van der Waals surface area contributed by atoms with Crippen LogP contribution in [0.4, 0.5) is 0 Å². The first-order valence-corrected chi connectivity index (χ1v) is 8.02. The summed E-state index contributed by atoms with van der Waals surface area (Å²) in [5.74, 6) is -0.568. The number of H-pyrrole nitrogens is 1. The van der Waals surface area contributed by atoms with Crippen LogP contribution < -0.4 is 5.43 Å². The molecule has 0 aliphatic carbocycles. The van der Waals surface area contributed by atoms with Crippen molar-refractivity contribution < 1.29 is 15.0 Å². The van der Waals surface area contributed by atoms with Crippen molar-refractivity contribution in [1.29, 1.82) is 0 Å². The van der Waals surface area contributed by atoms with Crippen LogP contribution in [0.15, 0.2) is 52.7 Å². The molecule has 2 aromatic carbocycles. The van der Waals surface area contributed by atoms with Crippen molar-refractivity contribution in [3.63, 3.8) is 0 Å².